The maximum Gasteiger partial charge on any atom is 0.243 e. The van der Waals surface area contributed by atoms with Crippen LogP contribution < -0.4 is 5.32 Å². The zero-order valence-corrected chi connectivity index (χ0v) is 12.5. The van der Waals surface area contributed by atoms with Crippen LogP contribution in [-0.4, -0.2) is 33.8 Å². The van der Waals surface area contributed by atoms with Crippen molar-refractivity contribution in [2.24, 2.45) is 5.92 Å². The normalized spacial score (nSPS) is 22.9. The van der Waals surface area contributed by atoms with Gasteiger partial charge in [-0.15, -0.1) is 12.4 Å². The number of carbonyl (C=O) groups is 1. The van der Waals surface area contributed by atoms with Crippen LogP contribution in [0.3, 0.4) is 0 Å². The standard InChI is InChI=1S/C13H24N2O2.ClH/c1-6-11(16)14-9-10-7-12(2,3)15(17)13(4,5)8-10;/h6,10,17H,1,7-9H2,2-5H3,(H,14,16);1H. The number of hydrogen-bond acceptors (Lipinski definition) is 3. The Morgan fingerprint density at radius 2 is 1.83 bits per heavy atom. The average molecular weight is 277 g/mol. The van der Waals surface area contributed by atoms with E-state index in [0.29, 0.717) is 12.5 Å². The molecule has 0 aliphatic carbocycles. The number of piperidine rings is 1. The number of halogens is 1. The number of hydrogen-bond donors (Lipinski definition) is 2. The minimum absolute atomic E-state index is 0. The molecule has 0 aromatic carbocycles. The highest BCUT2D eigenvalue weighted by Gasteiger charge is 2.44. The Balaban J connectivity index is 0.00000289. The van der Waals surface area contributed by atoms with Gasteiger partial charge in [0.1, 0.15) is 0 Å². The fraction of sp³-hybridized carbons (Fsp3) is 0.769. The molecule has 106 valence electrons. The van der Waals surface area contributed by atoms with Crippen molar-refractivity contribution < 1.29 is 10.0 Å². The van der Waals surface area contributed by atoms with Crippen molar-refractivity contribution in [1.82, 2.24) is 10.4 Å². The summed E-state index contributed by atoms with van der Waals surface area (Å²) in [5.41, 5.74) is -0.517. The molecule has 1 saturated heterocycles. The predicted molar refractivity (Wildman–Crippen MR) is 75.0 cm³/mol. The minimum atomic E-state index is -0.259. The molecule has 1 heterocycles. The van der Waals surface area contributed by atoms with Crippen LogP contribution in [0.2, 0.25) is 0 Å². The molecule has 0 aromatic heterocycles. The summed E-state index contributed by atoms with van der Waals surface area (Å²) in [6, 6.07) is 0. The second-order valence-corrected chi connectivity index (χ2v) is 6.16. The van der Waals surface area contributed by atoms with Gasteiger partial charge >= 0.3 is 0 Å². The van der Waals surface area contributed by atoms with Gasteiger partial charge < -0.3 is 10.5 Å². The molecular weight excluding hydrogens is 252 g/mol. The van der Waals surface area contributed by atoms with Crippen LogP contribution in [0.15, 0.2) is 12.7 Å². The maximum absolute atomic E-state index is 11.2. The van der Waals surface area contributed by atoms with Gasteiger partial charge in [0.15, 0.2) is 0 Å². The molecule has 1 aliphatic rings. The van der Waals surface area contributed by atoms with Gasteiger partial charge in [0, 0.05) is 17.6 Å². The summed E-state index contributed by atoms with van der Waals surface area (Å²) < 4.78 is 0. The molecule has 5 heteroatoms. The van der Waals surface area contributed by atoms with E-state index in [1.54, 1.807) is 0 Å². The van der Waals surface area contributed by atoms with Crippen molar-refractivity contribution in [2.45, 2.75) is 51.6 Å². The Morgan fingerprint density at radius 1 is 1.39 bits per heavy atom. The van der Waals surface area contributed by atoms with E-state index in [1.165, 1.54) is 11.1 Å². The predicted octanol–water partition coefficient (Wildman–Crippen LogP) is 2.37. The second-order valence-electron chi connectivity index (χ2n) is 6.16. The third-order valence-electron chi connectivity index (χ3n) is 3.47. The molecule has 0 aromatic rings. The summed E-state index contributed by atoms with van der Waals surface area (Å²) in [5, 5.41) is 14.4. The SMILES string of the molecule is C=CC(=O)NCC1CC(C)(C)N(O)C(C)(C)C1.Cl. The lowest BCUT2D eigenvalue weighted by Crippen LogP contribution is -2.60. The van der Waals surface area contributed by atoms with Crippen LogP contribution in [0.5, 0.6) is 0 Å². The number of rotatable bonds is 3. The number of amides is 1. The molecule has 18 heavy (non-hydrogen) atoms. The monoisotopic (exact) mass is 276 g/mol. The van der Waals surface area contributed by atoms with Crippen LogP contribution in [0, 0.1) is 5.92 Å². The molecule has 1 fully saturated rings. The molecule has 0 radical (unpaired) electrons. The van der Waals surface area contributed by atoms with E-state index in [0.717, 1.165) is 12.8 Å². The Kier molecular flexibility index (Phi) is 5.85. The highest BCUT2D eigenvalue weighted by molar-refractivity contribution is 5.86. The first-order valence-electron chi connectivity index (χ1n) is 6.08. The molecular formula is C13H25ClN2O2. The van der Waals surface area contributed by atoms with Gasteiger partial charge in [0.05, 0.1) is 0 Å². The van der Waals surface area contributed by atoms with Crippen molar-refractivity contribution in [3.8, 4) is 0 Å². The van der Waals surface area contributed by atoms with E-state index in [9.17, 15) is 10.0 Å². The average Bonchev–Trinajstić information content (AvgIpc) is 2.21. The summed E-state index contributed by atoms with van der Waals surface area (Å²) in [4.78, 5) is 11.2. The highest BCUT2D eigenvalue weighted by Crippen LogP contribution is 2.39. The number of carbonyl (C=O) groups excluding carboxylic acids is 1. The molecule has 1 aliphatic heterocycles. The van der Waals surface area contributed by atoms with Gasteiger partial charge in [-0.25, -0.2) is 0 Å². The third kappa shape index (κ3) is 3.97. The molecule has 0 atom stereocenters. The van der Waals surface area contributed by atoms with E-state index in [2.05, 4.69) is 11.9 Å². The maximum atomic E-state index is 11.2. The number of hydroxylamine groups is 2. The Hall–Kier alpha value is -0.580. The summed E-state index contributed by atoms with van der Waals surface area (Å²) in [6.45, 7) is 12.2. The smallest absolute Gasteiger partial charge is 0.243 e. The van der Waals surface area contributed by atoms with Gasteiger partial charge in [-0.2, -0.15) is 5.06 Å². The van der Waals surface area contributed by atoms with Gasteiger partial charge in [-0.1, -0.05) is 6.58 Å². The third-order valence-corrected chi connectivity index (χ3v) is 3.47. The lowest BCUT2D eigenvalue weighted by atomic mass is 9.75. The van der Waals surface area contributed by atoms with Crippen molar-refractivity contribution in [3.63, 3.8) is 0 Å². The molecule has 2 N–H and O–H groups in total. The van der Waals surface area contributed by atoms with Crippen molar-refractivity contribution >= 4 is 18.3 Å². The van der Waals surface area contributed by atoms with E-state index in [4.69, 9.17) is 0 Å². The molecule has 0 bridgehead atoms. The first-order chi connectivity index (χ1) is 7.69. The largest absolute Gasteiger partial charge is 0.352 e. The zero-order chi connectivity index (χ0) is 13.3. The van der Waals surface area contributed by atoms with Gasteiger partial charge in [0.2, 0.25) is 5.91 Å². The summed E-state index contributed by atoms with van der Waals surface area (Å²) in [6.07, 6.45) is 3.02. The van der Waals surface area contributed by atoms with Gasteiger partial charge in [-0.3, -0.25) is 4.79 Å². The second kappa shape index (κ2) is 6.04. The summed E-state index contributed by atoms with van der Waals surface area (Å²) >= 11 is 0. The van der Waals surface area contributed by atoms with Crippen molar-refractivity contribution in [3.05, 3.63) is 12.7 Å². The van der Waals surface area contributed by atoms with Gasteiger partial charge in [-0.05, 0) is 52.5 Å². The summed E-state index contributed by atoms with van der Waals surface area (Å²) in [5.74, 6) is 0.249. The fourth-order valence-corrected chi connectivity index (χ4v) is 2.94. The molecule has 4 nitrogen and oxygen atoms in total. The first kappa shape index (κ1) is 17.4. The molecule has 1 rings (SSSR count). The van der Waals surface area contributed by atoms with Crippen LogP contribution in [0.4, 0.5) is 0 Å². The molecule has 0 spiro atoms. The number of nitrogens with one attached hydrogen (secondary N) is 1. The van der Waals surface area contributed by atoms with Crippen LogP contribution in [0.1, 0.15) is 40.5 Å². The molecule has 1 amide bonds. The topological polar surface area (TPSA) is 52.6 Å². The van der Waals surface area contributed by atoms with E-state index >= 15 is 0 Å². The Morgan fingerprint density at radius 3 is 2.22 bits per heavy atom. The first-order valence-corrected chi connectivity index (χ1v) is 6.08. The minimum Gasteiger partial charge on any atom is -0.352 e. The molecule has 0 unspecified atom stereocenters. The fourth-order valence-electron chi connectivity index (χ4n) is 2.94. The van der Waals surface area contributed by atoms with Crippen LogP contribution >= 0.6 is 12.4 Å². The van der Waals surface area contributed by atoms with Crippen LogP contribution in [0.25, 0.3) is 0 Å². The quantitative estimate of drug-likeness (QED) is 0.778. The van der Waals surface area contributed by atoms with Crippen molar-refractivity contribution in [1.29, 1.82) is 0 Å². The van der Waals surface area contributed by atoms with E-state index < -0.39 is 0 Å². The number of nitrogens with zero attached hydrogens (tertiary/aromatic N) is 1. The van der Waals surface area contributed by atoms with Gasteiger partial charge in [0.25, 0.3) is 0 Å². The lowest BCUT2D eigenvalue weighted by molar-refractivity contribution is -0.250. The van der Waals surface area contributed by atoms with E-state index in [-0.39, 0.29) is 29.4 Å². The highest BCUT2D eigenvalue weighted by atomic mass is 35.5. The molecule has 0 saturated carbocycles. The lowest BCUT2D eigenvalue weighted by Gasteiger charge is -2.51. The Labute approximate surface area is 116 Å². The summed E-state index contributed by atoms with van der Waals surface area (Å²) in [7, 11) is 0. The van der Waals surface area contributed by atoms with Crippen molar-refractivity contribution in [2.75, 3.05) is 6.54 Å². The Bertz CT molecular complexity index is 298. The van der Waals surface area contributed by atoms with Crippen LogP contribution in [-0.2, 0) is 4.79 Å². The zero-order valence-electron chi connectivity index (χ0n) is 11.7. The van der Waals surface area contributed by atoms with E-state index in [1.807, 2.05) is 27.7 Å².